The zero-order valence-corrected chi connectivity index (χ0v) is 13.7. The molecule has 0 radical (unpaired) electrons. The summed E-state index contributed by atoms with van der Waals surface area (Å²) in [6.07, 6.45) is 9.20. The highest BCUT2D eigenvalue weighted by Crippen LogP contribution is 2.23. The van der Waals surface area contributed by atoms with E-state index in [1.165, 1.54) is 25.3 Å². The Morgan fingerprint density at radius 1 is 1.36 bits per heavy atom. The van der Waals surface area contributed by atoms with Crippen LogP contribution in [-0.2, 0) is 0 Å². The maximum Gasteiger partial charge on any atom is 0.223 e. The number of nitrogens with zero attached hydrogens (tertiary/aromatic N) is 2. The van der Waals surface area contributed by atoms with Crippen molar-refractivity contribution in [1.29, 1.82) is 0 Å². The number of rotatable bonds is 5. The van der Waals surface area contributed by atoms with E-state index >= 15 is 0 Å². The number of aromatic nitrogens is 2. The van der Waals surface area contributed by atoms with Gasteiger partial charge in [0.2, 0.25) is 5.95 Å². The molecule has 2 rings (SSSR count). The smallest absolute Gasteiger partial charge is 0.223 e. The molecule has 0 amide bonds. The molecule has 0 unspecified atom stereocenters. The second-order valence-electron chi connectivity index (χ2n) is 6.38. The number of ketones is 1. The van der Waals surface area contributed by atoms with Crippen molar-refractivity contribution in [2.45, 2.75) is 64.8 Å². The summed E-state index contributed by atoms with van der Waals surface area (Å²) in [6.45, 7) is 5.76. The van der Waals surface area contributed by atoms with Gasteiger partial charge >= 0.3 is 0 Å². The van der Waals surface area contributed by atoms with E-state index in [1.54, 1.807) is 13.1 Å². The summed E-state index contributed by atoms with van der Waals surface area (Å²) < 4.78 is 0. The van der Waals surface area contributed by atoms with E-state index in [0.29, 0.717) is 23.3 Å². The van der Waals surface area contributed by atoms with Crippen molar-refractivity contribution in [2.24, 2.45) is 5.73 Å². The van der Waals surface area contributed by atoms with Gasteiger partial charge in [-0.2, -0.15) is 0 Å². The van der Waals surface area contributed by atoms with Crippen molar-refractivity contribution in [1.82, 2.24) is 9.97 Å². The van der Waals surface area contributed by atoms with Gasteiger partial charge in [-0.1, -0.05) is 33.1 Å². The molecule has 1 saturated carbocycles. The summed E-state index contributed by atoms with van der Waals surface area (Å²) in [4.78, 5) is 21.1. The Hall–Kier alpha value is -1.91. The first-order valence-electron chi connectivity index (χ1n) is 8.09. The Labute approximate surface area is 132 Å². The molecule has 1 aliphatic rings. The van der Waals surface area contributed by atoms with Crippen LogP contribution in [0.5, 0.6) is 0 Å². The average Bonchev–Trinajstić information content (AvgIpc) is 2.47. The molecule has 1 aliphatic carbocycles. The molecule has 0 atom stereocenters. The Bertz CT molecular complexity index is 556. The van der Waals surface area contributed by atoms with Crippen molar-refractivity contribution in [2.75, 3.05) is 5.32 Å². The molecule has 0 spiro atoms. The molecule has 0 aromatic carbocycles. The van der Waals surface area contributed by atoms with Crippen LogP contribution in [0.1, 0.15) is 74.8 Å². The fourth-order valence-electron chi connectivity index (χ4n) is 2.81. The molecular weight excluding hydrogens is 276 g/mol. The van der Waals surface area contributed by atoms with Gasteiger partial charge in [0.25, 0.3) is 0 Å². The molecule has 0 bridgehead atoms. The number of carbonyl (C=O) groups is 1. The van der Waals surface area contributed by atoms with Gasteiger partial charge in [0, 0.05) is 24.0 Å². The monoisotopic (exact) mass is 302 g/mol. The number of carbonyl (C=O) groups excluding carboxylic acids is 1. The Morgan fingerprint density at radius 2 is 2.05 bits per heavy atom. The minimum atomic E-state index is -0.132. The van der Waals surface area contributed by atoms with E-state index < -0.39 is 0 Å². The van der Waals surface area contributed by atoms with Crippen LogP contribution in [0.3, 0.4) is 0 Å². The van der Waals surface area contributed by atoms with E-state index in [1.807, 2.05) is 13.8 Å². The minimum absolute atomic E-state index is 0.132. The third kappa shape index (κ3) is 4.29. The lowest BCUT2D eigenvalue weighted by molar-refractivity contribution is 0.104. The van der Waals surface area contributed by atoms with Gasteiger partial charge in [-0.15, -0.1) is 0 Å². The first-order valence-corrected chi connectivity index (χ1v) is 8.09. The number of nitrogens with two attached hydrogens (primary N) is 1. The van der Waals surface area contributed by atoms with Crippen LogP contribution in [0.15, 0.2) is 18.0 Å². The van der Waals surface area contributed by atoms with E-state index in [-0.39, 0.29) is 11.7 Å². The number of nitrogens with one attached hydrogen (secondary N) is 1. The summed E-state index contributed by atoms with van der Waals surface area (Å²) in [7, 11) is 0. The van der Waals surface area contributed by atoms with E-state index in [9.17, 15) is 4.79 Å². The van der Waals surface area contributed by atoms with Crippen LogP contribution in [-0.4, -0.2) is 21.8 Å². The van der Waals surface area contributed by atoms with Crippen molar-refractivity contribution < 1.29 is 4.79 Å². The third-order valence-electron chi connectivity index (χ3n) is 3.93. The quantitative estimate of drug-likeness (QED) is 0.643. The highest BCUT2D eigenvalue weighted by atomic mass is 16.1. The Kier molecular flexibility index (Phi) is 5.52. The summed E-state index contributed by atoms with van der Waals surface area (Å²) >= 11 is 0. The van der Waals surface area contributed by atoms with Crippen LogP contribution in [0, 0.1) is 0 Å². The number of allylic oxidation sites excluding steroid dienone is 2. The van der Waals surface area contributed by atoms with E-state index in [4.69, 9.17) is 5.73 Å². The van der Waals surface area contributed by atoms with Crippen molar-refractivity contribution in [3.8, 4) is 0 Å². The maximum absolute atomic E-state index is 12.2. The third-order valence-corrected chi connectivity index (χ3v) is 3.93. The van der Waals surface area contributed by atoms with Gasteiger partial charge in [0.05, 0.1) is 11.3 Å². The van der Waals surface area contributed by atoms with Gasteiger partial charge in [-0.3, -0.25) is 4.79 Å². The lowest BCUT2D eigenvalue weighted by atomic mass is 9.96. The molecule has 1 aromatic rings. The van der Waals surface area contributed by atoms with Crippen LogP contribution < -0.4 is 11.1 Å². The fraction of sp³-hybridized carbons (Fsp3) is 0.588. The predicted octanol–water partition coefficient (Wildman–Crippen LogP) is 3.39. The molecule has 0 aliphatic heterocycles. The average molecular weight is 302 g/mol. The molecular formula is C17H26N4O. The largest absolute Gasteiger partial charge is 0.402 e. The summed E-state index contributed by atoms with van der Waals surface area (Å²) in [5.41, 5.74) is 7.40. The molecule has 5 nitrogen and oxygen atoms in total. The van der Waals surface area contributed by atoms with Gasteiger partial charge in [0.1, 0.15) is 0 Å². The van der Waals surface area contributed by atoms with Crippen LogP contribution >= 0.6 is 0 Å². The molecule has 120 valence electrons. The lowest BCUT2D eigenvalue weighted by Crippen LogP contribution is -2.24. The second kappa shape index (κ2) is 7.38. The van der Waals surface area contributed by atoms with Crippen LogP contribution in [0.2, 0.25) is 0 Å². The van der Waals surface area contributed by atoms with Crippen molar-refractivity contribution in [3.63, 3.8) is 0 Å². The zero-order valence-electron chi connectivity index (χ0n) is 13.7. The highest BCUT2D eigenvalue weighted by Gasteiger charge is 2.18. The number of anilines is 1. The van der Waals surface area contributed by atoms with Gasteiger partial charge < -0.3 is 11.1 Å². The van der Waals surface area contributed by atoms with E-state index in [2.05, 4.69) is 15.3 Å². The maximum atomic E-state index is 12.2. The predicted molar refractivity (Wildman–Crippen MR) is 88.9 cm³/mol. The van der Waals surface area contributed by atoms with Crippen molar-refractivity contribution >= 4 is 11.7 Å². The van der Waals surface area contributed by atoms with E-state index in [0.717, 1.165) is 18.5 Å². The molecule has 1 fully saturated rings. The number of hydrogen-bond donors (Lipinski definition) is 2. The number of hydrogen-bond acceptors (Lipinski definition) is 5. The topological polar surface area (TPSA) is 80.9 Å². The molecule has 22 heavy (non-hydrogen) atoms. The first kappa shape index (κ1) is 16.5. The SMILES string of the molecule is CC(N)=CC(=O)c1cnc(NC2CCCCC2)nc1C(C)C. The molecule has 5 heteroatoms. The van der Waals surface area contributed by atoms with Crippen LogP contribution in [0.25, 0.3) is 0 Å². The van der Waals surface area contributed by atoms with Gasteiger partial charge in [-0.25, -0.2) is 9.97 Å². The van der Waals surface area contributed by atoms with Gasteiger partial charge in [-0.05, 0) is 25.7 Å². The molecule has 3 N–H and O–H groups in total. The lowest BCUT2D eigenvalue weighted by Gasteiger charge is -2.23. The molecule has 0 saturated heterocycles. The summed E-state index contributed by atoms with van der Waals surface area (Å²) in [5.74, 6) is 0.647. The van der Waals surface area contributed by atoms with Gasteiger partial charge in [0.15, 0.2) is 5.78 Å². The molecule has 1 aromatic heterocycles. The second-order valence-corrected chi connectivity index (χ2v) is 6.38. The Morgan fingerprint density at radius 3 is 2.64 bits per heavy atom. The standard InChI is InChI=1S/C17H26N4O/c1-11(2)16-14(15(22)9-12(3)18)10-19-17(21-16)20-13-7-5-4-6-8-13/h9-11,13H,4-8,18H2,1-3H3,(H,19,20,21). The Balaban J connectivity index is 2.22. The zero-order chi connectivity index (χ0) is 16.1. The summed E-state index contributed by atoms with van der Waals surface area (Å²) in [6, 6.07) is 0.446. The summed E-state index contributed by atoms with van der Waals surface area (Å²) in [5, 5.41) is 3.41. The molecule has 1 heterocycles. The van der Waals surface area contributed by atoms with Crippen molar-refractivity contribution in [3.05, 3.63) is 29.2 Å². The minimum Gasteiger partial charge on any atom is -0.402 e. The normalized spacial score (nSPS) is 16.8. The highest BCUT2D eigenvalue weighted by molar-refractivity contribution is 6.05. The fourth-order valence-corrected chi connectivity index (χ4v) is 2.81. The van der Waals surface area contributed by atoms with Crippen LogP contribution in [0.4, 0.5) is 5.95 Å². The first-order chi connectivity index (χ1) is 10.5.